The van der Waals surface area contributed by atoms with E-state index < -0.39 is 10.0 Å². The summed E-state index contributed by atoms with van der Waals surface area (Å²) in [6.45, 7) is 6.40. The predicted molar refractivity (Wildman–Crippen MR) is 157 cm³/mol. The molecule has 1 fully saturated rings. The Morgan fingerprint density at radius 3 is 2.28 bits per heavy atom. The van der Waals surface area contributed by atoms with Gasteiger partial charge in [-0.05, 0) is 99.3 Å². The van der Waals surface area contributed by atoms with Crippen molar-refractivity contribution in [2.45, 2.75) is 37.5 Å². The molecular formula is C33H32N3O2S. The minimum Gasteiger partial charge on any atom is -0.306 e. The number of fused-ring (bicyclic) bond motifs is 1. The number of likely N-dealkylation sites (tertiary alicyclic amines) is 1. The van der Waals surface area contributed by atoms with Crippen LogP contribution in [0, 0.1) is 19.9 Å². The molecule has 5 aromatic rings. The monoisotopic (exact) mass is 534 g/mol. The Labute approximate surface area is 230 Å². The first-order valence-corrected chi connectivity index (χ1v) is 14.8. The van der Waals surface area contributed by atoms with E-state index in [4.69, 9.17) is 4.98 Å². The molecule has 0 unspecified atom stereocenters. The van der Waals surface area contributed by atoms with Crippen LogP contribution >= 0.6 is 0 Å². The van der Waals surface area contributed by atoms with Crippen LogP contribution in [0.3, 0.4) is 0 Å². The van der Waals surface area contributed by atoms with E-state index in [1.807, 2.05) is 43.3 Å². The molecule has 3 heterocycles. The first-order chi connectivity index (χ1) is 18.8. The van der Waals surface area contributed by atoms with Crippen LogP contribution in [-0.2, 0) is 10.0 Å². The molecule has 0 atom stereocenters. The fraction of sp³-hybridized carbons (Fsp3) is 0.242. The Hall–Kier alpha value is -3.74. The van der Waals surface area contributed by atoms with E-state index in [9.17, 15) is 8.42 Å². The highest BCUT2D eigenvalue weighted by atomic mass is 32.2. The molecule has 0 spiro atoms. The summed E-state index contributed by atoms with van der Waals surface area (Å²) in [4.78, 5) is 7.37. The smallest absolute Gasteiger partial charge is 0.269 e. The molecule has 0 amide bonds. The zero-order valence-corrected chi connectivity index (χ0v) is 23.4. The van der Waals surface area contributed by atoms with E-state index in [-0.39, 0.29) is 4.90 Å². The van der Waals surface area contributed by atoms with Gasteiger partial charge >= 0.3 is 0 Å². The molecular weight excluding hydrogens is 502 g/mol. The maximum atomic E-state index is 13.7. The lowest BCUT2D eigenvalue weighted by Crippen LogP contribution is -2.29. The van der Waals surface area contributed by atoms with Gasteiger partial charge in [-0.2, -0.15) is 0 Å². The molecule has 6 rings (SSSR count). The fourth-order valence-corrected chi connectivity index (χ4v) is 7.00. The molecule has 2 aromatic heterocycles. The molecule has 1 aliphatic heterocycles. The summed E-state index contributed by atoms with van der Waals surface area (Å²) in [5, 5.41) is 0.798. The van der Waals surface area contributed by atoms with Gasteiger partial charge in [-0.3, -0.25) is 0 Å². The molecule has 197 valence electrons. The standard InChI is InChI=1S/C33H32N3O2S/c1-23-9-12-29(13-10-23)39(37,38)36-22-32(25-7-5-4-6-8-25)31-20-28(21-34-33(31)36)27-11-14-30(24(2)19-27)26-15-17-35(3)18-16-26/h5-14,19-22,26H,15-18H2,1-3H3. The van der Waals surface area contributed by atoms with Gasteiger partial charge in [0, 0.05) is 28.9 Å². The first kappa shape index (κ1) is 25.5. The zero-order chi connectivity index (χ0) is 27.1. The average molecular weight is 535 g/mol. The third-order valence-electron chi connectivity index (χ3n) is 7.98. The highest BCUT2D eigenvalue weighted by Gasteiger charge is 2.24. The first-order valence-electron chi connectivity index (χ1n) is 13.4. The molecule has 39 heavy (non-hydrogen) atoms. The number of aryl methyl sites for hydroxylation is 2. The molecule has 1 radical (unpaired) electrons. The second-order valence-corrected chi connectivity index (χ2v) is 12.5. The van der Waals surface area contributed by atoms with Crippen LogP contribution in [0.15, 0.2) is 90.1 Å². The lowest BCUT2D eigenvalue weighted by molar-refractivity contribution is 0.255. The number of piperidine rings is 1. The van der Waals surface area contributed by atoms with Gasteiger partial charge in [0.05, 0.1) is 4.90 Å². The Bertz CT molecular complexity index is 1750. The van der Waals surface area contributed by atoms with Crippen LogP contribution in [0.5, 0.6) is 0 Å². The molecule has 5 nitrogen and oxygen atoms in total. The van der Waals surface area contributed by atoms with Crippen LogP contribution in [0.25, 0.3) is 33.3 Å². The summed E-state index contributed by atoms with van der Waals surface area (Å²) >= 11 is 0. The SMILES string of the molecule is Cc1ccc(S(=O)(=O)n2cc(-c3cc[c]cc3)c3cc(-c4ccc(C5CCN(C)CC5)c(C)c4)cnc32)cc1. The van der Waals surface area contributed by atoms with Gasteiger partial charge in [-0.15, -0.1) is 0 Å². The third kappa shape index (κ3) is 4.79. The van der Waals surface area contributed by atoms with Crippen molar-refractivity contribution < 1.29 is 8.42 Å². The number of aromatic nitrogens is 2. The van der Waals surface area contributed by atoms with Crippen molar-refractivity contribution in [1.82, 2.24) is 13.9 Å². The number of rotatable bonds is 5. The van der Waals surface area contributed by atoms with Crippen molar-refractivity contribution in [1.29, 1.82) is 0 Å². The normalized spacial score (nSPS) is 15.2. The highest BCUT2D eigenvalue weighted by Crippen LogP contribution is 2.36. The predicted octanol–water partition coefficient (Wildman–Crippen LogP) is 6.83. The lowest BCUT2D eigenvalue weighted by atomic mass is 9.86. The van der Waals surface area contributed by atoms with E-state index in [0.29, 0.717) is 11.6 Å². The minimum absolute atomic E-state index is 0.240. The number of hydrogen-bond acceptors (Lipinski definition) is 4. The van der Waals surface area contributed by atoms with Gasteiger partial charge in [-0.25, -0.2) is 17.4 Å². The van der Waals surface area contributed by atoms with Crippen molar-refractivity contribution in [2.75, 3.05) is 20.1 Å². The average Bonchev–Trinajstić information content (AvgIpc) is 3.34. The number of benzene rings is 3. The summed E-state index contributed by atoms with van der Waals surface area (Å²) in [5.74, 6) is 0.596. The van der Waals surface area contributed by atoms with Gasteiger partial charge < -0.3 is 4.90 Å². The van der Waals surface area contributed by atoms with Gasteiger partial charge in [0.2, 0.25) is 0 Å². The van der Waals surface area contributed by atoms with Gasteiger partial charge in [0.25, 0.3) is 10.0 Å². The van der Waals surface area contributed by atoms with Crippen LogP contribution in [0.1, 0.15) is 35.4 Å². The van der Waals surface area contributed by atoms with Crippen LogP contribution in [-0.4, -0.2) is 42.4 Å². The van der Waals surface area contributed by atoms with Crippen LogP contribution in [0.4, 0.5) is 0 Å². The summed E-state index contributed by atoms with van der Waals surface area (Å²) in [5.41, 5.74) is 7.94. The largest absolute Gasteiger partial charge is 0.306 e. The van der Waals surface area contributed by atoms with Gasteiger partial charge in [0.1, 0.15) is 0 Å². The van der Waals surface area contributed by atoms with Crippen molar-refractivity contribution in [3.63, 3.8) is 0 Å². The quantitative estimate of drug-likeness (QED) is 0.248. The fourth-order valence-electron chi connectivity index (χ4n) is 5.67. The second kappa shape index (κ2) is 10.1. The van der Waals surface area contributed by atoms with Gasteiger partial charge in [-0.1, -0.05) is 60.2 Å². The van der Waals surface area contributed by atoms with Crippen molar-refractivity contribution >= 4 is 21.1 Å². The van der Waals surface area contributed by atoms with E-state index >= 15 is 0 Å². The molecule has 0 bridgehead atoms. The van der Waals surface area contributed by atoms with Gasteiger partial charge in [0.15, 0.2) is 5.65 Å². The topological polar surface area (TPSA) is 55.2 Å². The summed E-state index contributed by atoms with van der Waals surface area (Å²) < 4.78 is 28.8. The minimum atomic E-state index is -3.83. The lowest BCUT2D eigenvalue weighted by Gasteiger charge is -2.30. The Balaban J connectivity index is 1.46. The number of nitrogens with zero attached hydrogens (tertiary/aromatic N) is 3. The maximum Gasteiger partial charge on any atom is 0.269 e. The number of pyridine rings is 1. The Morgan fingerprint density at radius 2 is 1.59 bits per heavy atom. The molecule has 6 heteroatoms. The highest BCUT2D eigenvalue weighted by molar-refractivity contribution is 7.90. The summed E-state index contributed by atoms with van der Waals surface area (Å²) in [7, 11) is -1.64. The molecule has 0 aliphatic carbocycles. The number of hydrogen-bond donors (Lipinski definition) is 0. The van der Waals surface area contributed by atoms with E-state index in [1.165, 1.54) is 27.9 Å². The van der Waals surface area contributed by atoms with Crippen LogP contribution < -0.4 is 0 Å². The van der Waals surface area contributed by atoms with E-state index in [0.717, 1.165) is 46.3 Å². The van der Waals surface area contributed by atoms with Crippen molar-refractivity contribution in [2.24, 2.45) is 0 Å². The summed E-state index contributed by atoms with van der Waals surface area (Å²) in [6, 6.07) is 26.3. The molecule has 3 aromatic carbocycles. The second-order valence-electron chi connectivity index (χ2n) is 10.7. The maximum absolute atomic E-state index is 13.7. The molecule has 0 saturated carbocycles. The Kier molecular flexibility index (Phi) is 6.61. The van der Waals surface area contributed by atoms with E-state index in [1.54, 1.807) is 24.5 Å². The molecule has 1 aliphatic rings. The van der Waals surface area contributed by atoms with E-state index in [2.05, 4.69) is 49.2 Å². The molecule has 1 saturated heterocycles. The van der Waals surface area contributed by atoms with Crippen molar-refractivity contribution in [3.8, 4) is 22.3 Å². The molecule has 0 N–H and O–H groups in total. The van der Waals surface area contributed by atoms with Crippen molar-refractivity contribution in [3.05, 3.63) is 108 Å². The Morgan fingerprint density at radius 1 is 0.872 bits per heavy atom. The third-order valence-corrected chi connectivity index (χ3v) is 9.64. The van der Waals surface area contributed by atoms with Crippen LogP contribution in [0.2, 0.25) is 0 Å². The summed E-state index contributed by atoms with van der Waals surface area (Å²) in [6.07, 6.45) is 5.85. The zero-order valence-electron chi connectivity index (χ0n) is 22.6.